The van der Waals surface area contributed by atoms with Crippen molar-refractivity contribution in [2.75, 3.05) is 13.2 Å². The van der Waals surface area contributed by atoms with Crippen LogP contribution in [0.2, 0.25) is 0 Å². The molecule has 0 aliphatic carbocycles. The summed E-state index contributed by atoms with van der Waals surface area (Å²) in [5, 5.41) is 23.5. The molecule has 0 heterocycles. The second-order valence-electron chi connectivity index (χ2n) is 29.2. The zero-order chi connectivity index (χ0) is 67.0. The Morgan fingerprint density at radius 3 is 0.839 bits per heavy atom. The zero-order valence-corrected chi connectivity index (χ0v) is 63.0. The fourth-order valence-corrected chi connectivity index (χ4v) is 13.4. The zero-order valence-electron chi connectivity index (χ0n) is 63.0. The second-order valence-corrected chi connectivity index (χ2v) is 29.2. The van der Waals surface area contributed by atoms with E-state index in [1.807, 2.05) is 0 Å². The van der Waals surface area contributed by atoms with Gasteiger partial charge in [0.2, 0.25) is 5.91 Å². The quantitative estimate of drug-likeness (QED) is 0.0320. The van der Waals surface area contributed by atoms with Crippen LogP contribution in [0.1, 0.15) is 470 Å². The van der Waals surface area contributed by atoms with Gasteiger partial charge in [-0.15, -0.1) is 0 Å². The smallest absolute Gasteiger partial charge is 0.305 e. The average molecular weight is 1310 g/mol. The monoisotopic (exact) mass is 1300 g/mol. The van der Waals surface area contributed by atoms with E-state index in [2.05, 4.69) is 67.8 Å². The van der Waals surface area contributed by atoms with Gasteiger partial charge in [-0.2, -0.15) is 0 Å². The summed E-state index contributed by atoms with van der Waals surface area (Å²) in [5.74, 6) is -0.0165. The van der Waals surface area contributed by atoms with Gasteiger partial charge in [0.25, 0.3) is 0 Å². The first kappa shape index (κ1) is 90.8. The summed E-state index contributed by atoms with van der Waals surface area (Å²) < 4.78 is 5.51. The Balaban J connectivity index is 3.38. The van der Waals surface area contributed by atoms with Gasteiger partial charge in [0.1, 0.15) is 0 Å². The highest BCUT2D eigenvalue weighted by Crippen LogP contribution is 2.20. The lowest BCUT2D eigenvalue weighted by Crippen LogP contribution is -2.45. The minimum absolute atomic E-state index is 0.0112. The van der Waals surface area contributed by atoms with Gasteiger partial charge in [0, 0.05) is 12.8 Å². The molecule has 0 rings (SSSR count). The van der Waals surface area contributed by atoms with Crippen LogP contribution in [0.5, 0.6) is 0 Å². The molecule has 0 aromatic carbocycles. The molecule has 6 nitrogen and oxygen atoms in total. The van der Waals surface area contributed by atoms with Gasteiger partial charge in [0.05, 0.1) is 25.4 Å². The highest BCUT2D eigenvalue weighted by Gasteiger charge is 2.20. The summed E-state index contributed by atoms with van der Waals surface area (Å²) in [5.41, 5.74) is 0. The van der Waals surface area contributed by atoms with E-state index in [9.17, 15) is 19.8 Å². The third kappa shape index (κ3) is 78.7. The van der Waals surface area contributed by atoms with E-state index in [0.717, 1.165) is 57.8 Å². The number of allylic oxidation sites excluding steroid dienone is 8. The van der Waals surface area contributed by atoms with Gasteiger partial charge in [-0.05, 0) is 89.9 Å². The number of aliphatic hydroxyl groups is 2. The number of unbranched alkanes of at least 4 members (excludes halogenated alkanes) is 61. The third-order valence-corrected chi connectivity index (χ3v) is 19.9. The summed E-state index contributed by atoms with van der Waals surface area (Å²) in [6.07, 6.45) is 109. The van der Waals surface area contributed by atoms with Gasteiger partial charge in [0.15, 0.2) is 0 Å². The number of esters is 1. The number of carbonyl (C=O) groups excluding carboxylic acids is 2. The Morgan fingerprint density at radius 2 is 0.538 bits per heavy atom. The largest absolute Gasteiger partial charge is 0.466 e. The molecule has 0 spiro atoms. The van der Waals surface area contributed by atoms with E-state index < -0.39 is 12.1 Å². The van der Waals surface area contributed by atoms with Gasteiger partial charge in [-0.3, -0.25) is 9.59 Å². The van der Waals surface area contributed by atoms with E-state index in [1.54, 1.807) is 0 Å². The Bertz CT molecular complexity index is 1550. The Hall–Kier alpha value is -2.18. The van der Waals surface area contributed by atoms with Crippen molar-refractivity contribution < 1.29 is 24.5 Å². The van der Waals surface area contributed by atoms with E-state index in [4.69, 9.17) is 4.74 Å². The number of rotatable bonds is 80. The molecule has 1 amide bonds. The van der Waals surface area contributed by atoms with Crippen molar-refractivity contribution in [1.82, 2.24) is 5.32 Å². The van der Waals surface area contributed by atoms with Gasteiger partial charge >= 0.3 is 5.97 Å². The standard InChI is InChI=1S/C87H165NO5/c1-3-5-7-9-11-13-15-17-19-21-23-24-25-37-40-44-47-51-55-59-63-67-71-75-79-85(90)84(83-89)88-86(91)80-76-72-68-64-60-56-52-48-45-41-38-35-33-31-29-27-26-28-30-32-34-36-39-42-46-50-54-58-62-66-70-74-78-82-93-87(92)81-77-73-69-65-61-57-53-49-43-22-20-18-16-14-12-10-8-6-4-2/h12,14,18,20,30,32,36,39,84-85,89-90H,3-11,13,15-17,19,21-29,31,33-35,37-38,40-83H2,1-2H3,(H,88,91)/b14-12-,20-18-,32-30-,39-36-. The summed E-state index contributed by atoms with van der Waals surface area (Å²) in [7, 11) is 0. The highest BCUT2D eigenvalue weighted by molar-refractivity contribution is 5.76. The molecule has 0 saturated carbocycles. The molecular formula is C87H165NO5. The van der Waals surface area contributed by atoms with Crippen molar-refractivity contribution >= 4 is 11.9 Å². The SMILES string of the molecule is CCCCC/C=C\C/C=C\CCCCCCCCCCCC(=O)OCCCCCCCCCCC/C=C\C/C=C\CCCCCCCCCCCCCCCCCCCC(=O)NC(CO)C(O)CCCCCCCCCCCCCCCCCCCCCCCCCC. The van der Waals surface area contributed by atoms with Crippen LogP contribution in [-0.2, 0) is 14.3 Å². The number of aliphatic hydroxyl groups excluding tert-OH is 2. The van der Waals surface area contributed by atoms with Crippen molar-refractivity contribution in [2.24, 2.45) is 0 Å². The molecule has 3 N–H and O–H groups in total. The molecule has 2 unspecified atom stereocenters. The maximum atomic E-state index is 12.6. The van der Waals surface area contributed by atoms with Crippen LogP contribution in [0, 0.1) is 0 Å². The predicted octanol–water partition coefficient (Wildman–Crippen LogP) is 28.3. The van der Waals surface area contributed by atoms with Crippen LogP contribution >= 0.6 is 0 Å². The van der Waals surface area contributed by atoms with Crippen molar-refractivity contribution in [3.05, 3.63) is 48.6 Å². The maximum absolute atomic E-state index is 12.6. The predicted molar refractivity (Wildman–Crippen MR) is 412 cm³/mol. The van der Waals surface area contributed by atoms with Crippen LogP contribution < -0.4 is 5.32 Å². The number of hydrogen-bond acceptors (Lipinski definition) is 5. The van der Waals surface area contributed by atoms with Crippen LogP contribution in [-0.4, -0.2) is 47.4 Å². The van der Waals surface area contributed by atoms with Crippen LogP contribution in [0.3, 0.4) is 0 Å². The fraction of sp³-hybridized carbons (Fsp3) is 0.885. The van der Waals surface area contributed by atoms with Crippen molar-refractivity contribution in [1.29, 1.82) is 0 Å². The minimum Gasteiger partial charge on any atom is -0.466 e. The molecule has 0 saturated heterocycles. The molecular weight excluding hydrogens is 1140 g/mol. The van der Waals surface area contributed by atoms with Gasteiger partial charge < -0.3 is 20.3 Å². The Kier molecular flexibility index (Phi) is 80.3. The summed E-state index contributed by atoms with van der Waals surface area (Å²) in [6.45, 7) is 4.97. The topological polar surface area (TPSA) is 95.9 Å². The Morgan fingerprint density at radius 1 is 0.301 bits per heavy atom. The molecule has 0 aliphatic heterocycles. The lowest BCUT2D eigenvalue weighted by molar-refractivity contribution is -0.143. The lowest BCUT2D eigenvalue weighted by atomic mass is 10.0. The molecule has 6 heteroatoms. The molecule has 0 aromatic heterocycles. The normalized spacial score (nSPS) is 12.7. The molecule has 93 heavy (non-hydrogen) atoms. The molecule has 0 fully saturated rings. The first-order valence-electron chi connectivity index (χ1n) is 42.4. The van der Waals surface area contributed by atoms with E-state index in [-0.39, 0.29) is 18.5 Å². The number of nitrogens with one attached hydrogen (secondary N) is 1. The second kappa shape index (κ2) is 82.2. The van der Waals surface area contributed by atoms with E-state index in [1.165, 1.54) is 379 Å². The molecule has 0 radical (unpaired) electrons. The third-order valence-electron chi connectivity index (χ3n) is 19.9. The average Bonchev–Trinajstić information content (AvgIpc) is 3.78. The molecule has 548 valence electrons. The highest BCUT2D eigenvalue weighted by atomic mass is 16.5. The molecule has 0 aromatic rings. The van der Waals surface area contributed by atoms with Crippen LogP contribution in [0.15, 0.2) is 48.6 Å². The lowest BCUT2D eigenvalue weighted by Gasteiger charge is -2.22. The maximum Gasteiger partial charge on any atom is 0.305 e. The fourth-order valence-electron chi connectivity index (χ4n) is 13.4. The Labute approximate surface area is 582 Å². The van der Waals surface area contributed by atoms with Crippen molar-refractivity contribution in [3.8, 4) is 0 Å². The van der Waals surface area contributed by atoms with Crippen LogP contribution in [0.25, 0.3) is 0 Å². The van der Waals surface area contributed by atoms with Crippen LogP contribution in [0.4, 0.5) is 0 Å². The number of carbonyl (C=O) groups is 2. The summed E-state index contributed by atoms with van der Waals surface area (Å²) in [4.78, 5) is 24.7. The van der Waals surface area contributed by atoms with Gasteiger partial charge in [-0.1, -0.05) is 416 Å². The summed E-state index contributed by atoms with van der Waals surface area (Å²) in [6, 6.07) is -0.542. The molecule has 0 aliphatic rings. The minimum atomic E-state index is -0.665. The van der Waals surface area contributed by atoms with E-state index >= 15 is 0 Å². The summed E-state index contributed by atoms with van der Waals surface area (Å²) >= 11 is 0. The van der Waals surface area contributed by atoms with E-state index in [0.29, 0.717) is 25.9 Å². The first-order chi connectivity index (χ1) is 46.0. The van der Waals surface area contributed by atoms with Gasteiger partial charge in [-0.25, -0.2) is 0 Å². The molecule has 2 atom stereocenters. The number of amides is 1. The molecule has 0 bridgehead atoms. The van der Waals surface area contributed by atoms with Crippen molar-refractivity contribution in [3.63, 3.8) is 0 Å². The van der Waals surface area contributed by atoms with Crippen molar-refractivity contribution in [2.45, 2.75) is 482 Å². The number of hydrogen-bond donors (Lipinski definition) is 3. The first-order valence-corrected chi connectivity index (χ1v) is 42.4. The number of ether oxygens (including phenoxy) is 1.